The van der Waals surface area contributed by atoms with Gasteiger partial charge in [0.25, 0.3) is 0 Å². The summed E-state index contributed by atoms with van der Waals surface area (Å²) in [5.41, 5.74) is 6.32. The second kappa shape index (κ2) is 5.36. The summed E-state index contributed by atoms with van der Waals surface area (Å²) in [6.07, 6.45) is 0. The Kier molecular flexibility index (Phi) is 3.62. The van der Waals surface area contributed by atoms with Gasteiger partial charge in [0.2, 0.25) is 0 Å². The standard InChI is InChI=1S/C12H13FN4/c13-10-4-2-1-3-9(10)11-5-6-12(17-16-11)15-8-7-14/h1-6H,7-8,14H2,(H,15,17). The van der Waals surface area contributed by atoms with Gasteiger partial charge in [-0.05, 0) is 24.3 Å². The van der Waals surface area contributed by atoms with E-state index < -0.39 is 0 Å². The van der Waals surface area contributed by atoms with Crippen molar-refractivity contribution >= 4 is 5.82 Å². The van der Waals surface area contributed by atoms with Crippen molar-refractivity contribution in [2.75, 3.05) is 18.4 Å². The number of rotatable bonds is 4. The van der Waals surface area contributed by atoms with Crippen LogP contribution in [0.3, 0.4) is 0 Å². The molecule has 0 saturated heterocycles. The van der Waals surface area contributed by atoms with Gasteiger partial charge in [0.1, 0.15) is 11.6 Å². The normalized spacial score (nSPS) is 10.2. The fourth-order valence-electron chi connectivity index (χ4n) is 1.44. The lowest BCUT2D eigenvalue weighted by molar-refractivity contribution is 0.630. The van der Waals surface area contributed by atoms with Crippen molar-refractivity contribution in [3.05, 3.63) is 42.2 Å². The third-order valence-corrected chi connectivity index (χ3v) is 2.26. The van der Waals surface area contributed by atoms with Crippen LogP contribution in [0.25, 0.3) is 11.3 Å². The molecule has 5 heteroatoms. The van der Waals surface area contributed by atoms with Crippen molar-refractivity contribution in [2.24, 2.45) is 5.73 Å². The number of nitrogens with one attached hydrogen (secondary N) is 1. The van der Waals surface area contributed by atoms with E-state index in [1.54, 1.807) is 30.3 Å². The number of benzene rings is 1. The fourth-order valence-corrected chi connectivity index (χ4v) is 1.44. The van der Waals surface area contributed by atoms with Crippen LogP contribution in [-0.4, -0.2) is 23.3 Å². The molecular formula is C12H13FN4. The summed E-state index contributed by atoms with van der Waals surface area (Å²) >= 11 is 0. The topological polar surface area (TPSA) is 63.8 Å². The van der Waals surface area contributed by atoms with Crippen molar-refractivity contribution in [1.82, 2.24) is 10.2 Å². The lowest BCUT2D eigenvalue weighted by Crippen LogP contribution is -2.14. The molecule has 1 aromatic heterocycles. The largest absolute Gasteiger partial charge is 0.367 e. The SMILES string of the molecule is NCCNc1ccc(-c2ccccc2F)nn1. The molecule has 0 unspecified atom stereocenters. The molecule has 88 valence electrons. The van der Waals surface area contributed by atoms with Crippen LogP contribution in [0.2, 0.25) is 0 Å². The Morgan fingerprint density at radius 2 is 1.94 bits per heavy atom. The average Bonchev–Trinajstić information content (AvgIpc) is 2.38. The van der Waals surface area contributed by atoms with Crippen LogP contribution in [0.5, 0.6) is 0 Å². The predicted octanol–water partition coefficient (Wildman–Crippen LogP) is 1.65. The second-order valence-corrected chi connectivity index (χ2v) is 3.50. The molecule has 3 N–H and O–H groups in total. The Morgan fingerprint density at radius 3 is 2.59 bits per heavy atom. The van der Waals surface area contributed by atoms with Gasteiger partial charge in [0, 0.05) is 18.7 Å². The van der Waals surface area contributed by atoms with Crippen LogP contribution in [-0.2, 0) is 0 Å². The molecule has 2 aromatic rings. The minimum absolute atomic E-state index is 0.301. The summed E-state index contributed by atoms with van der Waals surface area (Å²) in [6, 6.07) is 9.96. The predicted molar refractivity (Wildman–Crippen MR) is 65.0 cm³/mol. The van der Waals surface area contributed by atoms with Crippen molar-refractivity contribution < 1.29 is 4.39 Å². The number of aromatic nitrogens is 2. The summed E-state index contributed by atoms with van der Waals surface area (Å²) in [5, 5.41) is 10.9. The van der Waals surface area contributed by atoms with Gasteiger partial charge in [-0.3, -0.25) is 0 Å². The summed E-state index contributed by atoms with van der Waals surface area (Å²) < 4.78 is 13.5. The molecule has 0 aliphatic rings. The van der Waals surface area contributed by atoms with Crippen molar-refractivity contribution in [3.8, 4) is 11.3 Å². The van der Waals surface area contributed by atoms with Gasteiger partial charge in [-0.2, -0.15) is 0 Å². The second-order valence-electron chi connectivity index (χ2n) is 3.50. The Bertz CT molecular complexity index is 484. The first kappa shape index (κ1) is 11.5. The highest BCUT2D eigenvalue weighted by Crippen LogP contribution is 2.20. The molecule has 0 amide bonds. The lowest BCUT2D eigenvalue weighted by atomic mass is 10.1. The summed E-state index contributed by atoms with van der Waals surface area (Å²) in [7, 11) is 0. The van der Waals surface area contributed by atoms with E-state index in [1.807, 2.05) is 0 Å². The highest BCUT2D eigenvalue weighted by Gasteiger charge is 2.05. The molecule has 0 atom stereocenters. The van der Waals surface area contributed by atoms with Crippen LogP contribution < -0.4 is 11.1 Å². The maximum absolute atomic E-state index is 13.5. The van der Waals surface area contributed by atoms with Crippen LogP contribution in [0.4, 0.5) is 10.2 Å². The molecule has 0 bridgehead atoms. The van der Waals surface area contributed by atoms with Gasteiger partial charge < -0.3 is 11.1 Å². The number of anilines is 1. The Labute approximate surface area is 98.7 Å². The van der Waals surface area contributed by atoms with Crippen molar-refractivity contribution in [1.29, 1.82) is 0 Å². The molecule has 0 saturated carbocycles. The quantitative estimate of drug-likeness (QED) is 0.841. The molecule has 4 nitrogen and oxygen atoms in total. The van der Waals surface area contributed by atoms with Gasteiger partial charge in [0.15, 0.2) is 0 Å². The summed E-state index contributed by atoms with van der Waals surface area (Å²) in [4.78, 5) is 0. The van der Waals surface area contributed by atoms with E-state index in [9.17, 15) is 4.39 Å². The monoisotopic (exact) mass is 232 g/mol. The Hall–Kier alpha value is -2.01. The molecular weight excluding hydrogens is 219 g/mol. The van der Waals surface area contributed by atoms with Crippen LogP contribution in [0, 0.1) is 5.82 Å². The zero-order valence-corrected chi connectivity index (χ0v) is 9.23. The molecule has 17 heavy (non-hydrogen) atoms. The third kappa shape index (κ3) is 2.76. The van der Waals surface area contributed by atoms with E-state index in [0.29, 0.717) is 30.2 Å². The van der Waals surface area contributed by atoms with E-state index in [2.05, 4.69) is 15.5 Å². The van der Waals surface area contributed by atoms with E-state index >= 15 is 0 Å². The van der Waals surface area contributed by atoms with Gasteiger partial charge in [-0.25, -0.2) is 4.39 Å². The molecule has 0 radical (unpaired) electrons. The zero-order chi connectivity index (χ0) is 12.1. The van der Waals surface area contributed by atoms with Gasteiger partial charge in [-0.15, -0.1) is 10.2 Å². The van der Waals surface area contributed by atoms with Crippen LogP contribution in [0.1, 0.15) is 0 Å². The maximum atomic E-state index is 13.5. The van der Waals surface area contributed by atoms with Crippen molar-refractivity contribution in [3.63, 3.8) is 0 Å². The summed E-state index contributed by atoms with van der Waals surface area (Å²) in [5.74, 6) is 0.333. The Morgan fingerprint density at radius 1 is 1.12 bits per heavy atom. The van der Waals surface area contributed by atoms with E-state index in [1.165, 1.54) is 6.07 Å². The van der Waals surface area contributed by atoms with E-state index in [0.717, 1.165) is 0 Å². The molecule has 0 aliphatic carbocycles. The first-order chi connectivity index (χ1) is 8.31. The first-order valence-electron chi connectivity index (χ1n) is 5.34. The lowest BCUT2D eigenvalue weighted by Gasteiger charge is -2.04. The summed E-state index contributed by atoms with van der Waals surface area (Å²) in [6.45, 7) is 1.16. The molecule has 1 aromatic carbocycles. The molecule has 0 fully saturated rings. The number of hydrogen-bond donors (Lipinski definition) is 2. The van der Waals surface area contributed by atoms with Gasteiger partial charge >= 0.3 is 0 Å². The minimum atomic E-state index is -0.301. The number of hydrogen-bond acceptors (Lipinski definition) is 4. The smallest absolute Gasteiger partial charge is 0.148 e. The molecule has 2 rings (SSSR count). The molecule has 0 aliphatic heterocycles. The highest BCUT2D eigenvalue weighted by molar-refractivity contribution is 5.60. The number of halogens is 1. The highest BCUT2D eigenvalue weighted by atomic mass is 19.1. The Balaban J connectivity index is 2.21. The number of nitrogens with zero attached hydrogens (tertiary/aromatic N) is 2. The maximum Gasteiger partial charge on any atom is 0.148 e. The van der Waals surface area contributed by atoms with Gasteiger partial charge in [-0.1, -0.05) is 12.1 Å². The third-order valence-electron chi connectivity index (χ3n) is 2.26. The average molecular weight is 232 g/mol. The zero-order valence-electron chi connectivity index (χ0n) is 9.23. The molecule has 0 spiro atoms. The van der Waals surface area contributed by atoms with E-state index in [4.69, 9.17) is 5.73 Å². The first-order valence-corrected chi connectivity index (χ1v) is 5.34. The van der Waals surface area contributed by atoms with Crippen molar-refractivity contribution in [2.45, 2.75) is 0 Å². The minimum Gasteiger partial charge on any atom is -0.367 e. The van der Waals surface area contributed by atoms with Crippen LogP contribution >= 0.6 is 0 Å². The van der Waals surface area contributed by atoms with Crippen LogP contribution in [0.15, 0.2) is 36.4 Å². The van der Waals surface area contributed by atoms with Gasteiger partial charge in [0.05, 0.1) is 5.69 Å². The fraction of sp³-hybridized carbons (Fsp3) is 0.167. The van der Waals surface area contributed by atoms with E-state index in [-0.39, 0.29) is 5.82 Å². The number of nitrogens with two attached hydrogens (primary N) is 1. The molecule has 1 heterocycles.